The van der Waals surface area contributed by atoms with Gasteiger partial charge in [-0.05, 0) is 50.6 Å². The van der Waals surface area contributed by atoms with Crippen molar-refractivity contribution in [3.63, 3.8) is 0 Å². The van der Waals surface area contributed by atoms with E-state index >= 15 is 0 Å². The molecule has 3 N–H and O–H groups in total. The maximum atomic E-state index is 13.5. The van der Waals surface area contributed by atoms with Gasteiger partial charge in [0.05, 0.1) is 34.9 Å². The quantitative estimate of drug-likeness (QED) is 0.438. The molecule has 38 heavy (non-hydrogen) atoms. The SMILES string of the molecule is CC(C)(C)OC(=O)CNC(=O)c1c(O)c2ccc(C#N)c3c2n(c1=O)CC(c1ccc(C(F)(F)F)cc1)N3. The number of halogens is 3. The number of esters is 1. The van der Waals surface area contributed by atoms with Crippen LogP contribution < -0.4 is 16.2 Å². The van der Waals surface area contributed by atoms with Crippen molar-refractivity contribution in [1.29, 1.82) is 5.26 Å². The van der Waals surface area contributed by atoms with Gasteiger partial charge in [-0.15, -0.1) is 0 Å². The Bertz CT molecular complexity index is 1550. The molecule has 1 amide bonds. The number of aromatic nitrogens is 1. The van der Waals surface area contributed by atoms with E-state index in [-0.39, 0.29) is 28.7 Å². The third kappa shape index (κ3) is 5.00. The highest BCUT2D eigenvalue weighted by Gasteiger charge is 2.33. The van der Waals surface area contributed by atoms with Gasteiger partial charge in [-0.1, -0.05) is 12.1 Å². The fraction of sp³-hybridized carbons (Fsp3) is 0.308. The first-order valence-corrected chi connectivity index (χ1v) is 11.5. The summed E-state index contributed by atoms with van der Waals surface area (Å²) in [7, 11) is 0. The summed E-state index contributed by atoms with van der Waals surface area (Å²) in [6, 6.07) is 8.37. The summed E-state index contributed by atoms with van der Waals surface area (Å²) in [5.41, 5.74) is -2.28. The van der Waals surface area contributed by atoms with E-state index in [1.165, 1.54) is 28.8 Å². The van der Waals surface area contributed by atoms with Crippen molar-refractivity contribution < 1.29 is 32.6 Å². The van der Waals surface area contributed by atoms with Gasteiger partial charge in [-0.25, -0.2) is 0 Å². The Morgan fingerprint density at radius 3 is 2.42 bits per heavy atom. The van der Waals surface area contributed by atoms with E-state index in [2.05, 4.69) is 10.6 Å². The lowest BCUT2D eigenvalue weighted by Gasteiger charge is -2.30. The summed E-state index contributed by atoms with van der Waals surface area (Å²) in [6.07, 6.45) is -4.53. The Kier molecular flexibility index (Phi) is 6.57. The lowest BCUT2D eigenvalue weighted by atomic mass is 9.98. The van der Waals surface area contributed by atoms with Crippen LogP contribution in [0.15, 0.2) is 41.2 Å². The number of carbonyl (C=O) groups is 2. The molecule has 2 heterocycles. The maximum Gasteiger partial charge on any atom is 0.416 e. The fourth-order valence-electron chi connectivity index (χ4n) is 4.27. The van der Waals surface area contributed by atoms with E-state index in [0.29, 0.717) is 5.56 Å². The van der Waals surface area contributed by atoms with Crippen LogP contribution in [0.1, 0.15) is 53.9 Å². The van der Waals surface area contributed by atoms with Crippen molar-refractivity contribution in [3.05, 3.63) is 69.0 Å². The molecule has 0 aliphatic carbocycles. The Labute approximate surface area is 214 Å². The molecule has 0 spiro atoms. The van der Waals surface area contributed by atoms with Crippen LogP contribution in [0.3, 0.4) is 0 Å². The number of nitrogens with zero attached hydrogens (tertiary/aromatic N) is 2. The predicted octanol–water partition coefficient (Wildman–Crippen LogP) is 3.84. The minimum Gasteiger partial charge on any atom is -0.506 e. The van der Waals surface area contributed by atoms with E-state index in [1.54, 1.807) is 20.8 Å². The smallest absolute Gasteiger partial charge is 0.416 e. The van der Waals surface area contributed by atoms with Crippen molar-refractivity contribution in [2.24, 2.45) is 0 Å². The van der Waals surface area contributed by atoms with Crippen LogP contribution in [0, 0.1) is 11.3 Å². The lowest BCUT2D eigenvalue weighted by Crippen LogP contribution is -2.39. The van der Waals surface area contributed by atoms with Gasteiger partial charge in [0.25, 0.3) is 11.5 Å². The predicted molar refractivity (Wildman–Crippen MR) is 131 cm³/mol. The number of nitrogens with one attached hydrogen (secondary N) is 2. The molecule has 9 nitrogen and oxygen atoms in total. The van der Waals surface area contributed by atoms with E-state index in [1.807, 2.05) is 6.07 Å². The second-order valence-corrected chi connectivity index (χ2v) is 9.72. The molecule has 1 aliphatic heterocycles. The van der Waals surface area contributed by atoms with Crippen molar-refractivity contribution in [2.45, 2.75) is 45.1 Å². The maximum absolute atomic E-state index is 13.5. The Hall–Kier alpha value is -4.53. The summed E-state index contributed by atoms with van der Waals surface area (Å²) in [4.78, 5) is 38.4. The second-order valence-electron chi connectivity index (χ2n) is 9.72. The van der Waals surface area contributed by atoms with Crippen LogP contribution in [-0.4, -0.2) is 33.7 Å². The van der Waals surface area contributed by atoms with Gasteiger partial charge < -0.3 is 25.0 Å². The molecule has 0 radical (unpaired) electrons. The van der Waals surface area contributed by atoms with Crippen LogP contribution in [0.2, 0.25) is 0 Å². The minimum absolute atomic E-state index is 0.0967. The van der Waals surface area contributed by atoms with Crippen LogP contribution >= 0.6 is 0 Å². The van der Waals surface area contributed by atoms with Gasteiger partial charge in [0, 0.05) is 5.39 Å². The van der Waals surface area contributed by atoms with Crippen molar-refractivity contribution in [2.75, 3.05) is 11.9 Å². The number of hydrogen-bond donors (Lipinski definition) is 3. The highest BCUT2D eigenvalue weighted by atomic mass is 19.4. The first-order valence-electron chi connectivity index (χ1n) is 11.5. The number of ether oxygens (including phenoxy) is 1. The Morgan fingerprint density at radius 1 is 1.18 bits per heavy atom. The summed E-state index contributed by atoms with van der Waals surface area (Å²) in [5, 5.41) is 25.9. The standard InChI is InChI=1S/C26H23F3N4O5/c1-25(2,3)38-18(34)11-31-23(36)19-22(35)16-9-6-14(10-30)20-21(16)33(24(19)37)12-17(32-20)13-4-7-15(8-5-13)26(27,28)29/h4-9,17,32,35H,11-12H2,1-3H3,(H,31,36). The fourth-order valence-corrected chi connectivity index (χ4v) is 4.27. The number of alkyl halides is 3. The van der Waals surface area contributed by atoms with Crippen molar-refractivity contribution >= 4 is 28.5 Å². The zero-order valence-electron chi connectivity index (χ0n) is 20.6. The van der Waals surface area contributed by atoms with Gasteiger partial charge in [-0.3, -0.25) is 14.4 Å². The van der Waals surface area contributed by atoms with Crippen LogP contribution in [0.4, 0.5) is 18.9 Å². The number of rotatable bonds is 4. The first-order chi connectivity index (χ1) is 17.7. The van der Waals surface area contributed by atoms with E-state index in [4.69, 9.17) is 4.74 Å². The van der Waals surface area contributed by atoms with Gasteiger partial charge >= 0.3 is 12.1 Å². The second kappa shape index (κ2) is 9.41. The third-order valence-corrected chi connectivity index (χ3v) is 5.88. The molecule has 12 heteroatoms. The molecular formula is C26H23F3N4O5. The molecular weight excluding hydrogens is 505 g/mol. The molecule has 2 aromatic carbocycles. The number of nitriles is 1. The van der Waals surface area contributed by atoms with Gasteiger partial charge in [0.2, 0.25) is 0 Å². The zero-order valence-corrected chi connectivity index (χ0v) is 20.6. The van der Waals surface area contributed by atoms with Crippen molar-refractivity contribution in [1.82, 2.24) is 9.88 Å². The number of hydrogen-bond acceptors (Lipinski definition) is 7. The normalized spacial score (nSPS) is 14.9. The molecule has 3 aromatic rings. The topological polar surface area (TPSA) is 133 Å². The number of carbonyl (C=O) groups excluding carboxylic acids is 2. The summed E-state index contributed by atoms with van der Waals surface area (Å²) in [5.74, 6) is -2.40. The minimum atomic E-state index is -4.53. The number of amides is 1. The number of benzene rings is 2. The van der Waals surface area contributed by atoms with Crippen LogP contribution in [-0.2, 0) is 22.3 Å². The number of aromatic hydroxyl groups is 1. The zero-order chi connectivity index (χ0) is 28.0. The Balaban J connectivity index is 1.77. The summed E-state index contributed by atoms with van der Waals surface area (Å²) in [6.45, 7) is 4.27. The van der Waals surface area contributed by atoms with Gasteiger partial charge in [0.1, 0.15) is 29.5 Å². The van der Waals surface area contributed by atoms with Gasteiger partial charge in [0.15, 0.2) is 0 Å². The van der Waals surface area contributed by atoms with Crippen LogP contribution in [0.5, 0.6) is 5.75 Å². The van der Waals surface area contributed by atoms with E-state index < -0.39 is 58.7 Å². The number of anilines is 1. The highest BCUT2D eigenvalue weighted by Crippen LogP contribution is 2.39. The van der Waals surface area contributed by atoms with Crippen LogP contribution in [0.25, 0.3) is 10.9 Å². The molecule has 0 saturated carbocycles. The summed E-state index contributed by atoms with van der Waals surface area (Å²) < 4.78 is 45.4. The number of pyridine rings is 1. The average Bonchev–Trinajstić information content (AvgIpc) is 2.84. The molecule has 0 saturated heterocycles. The molecule has 1 unspecified atom stereocenters. The molecule has 0 bridgehead atoms. The average molecular weight is 528 g/mol. The van der Waals surface area contributed by atoms with Crippen molar-refractivity contribution in [3.8, 4) is 11.8 Å². The van der Waals surface area contributed by atoms with E-state index in [0.717, 1.165) is 12.1 Å². The van der Waals surface area contributed by atoms with Gasteiger partial charge in [-0.2, -0.15) is 18.4 Å². The highest BCUT2D eigenvalue weighted by molar-refractivity contribution is 6.06. The monoisotopic (exact) mass is 528 g/mol. The molecule has 0 fully saturated rings. The third-order valence-electron chi connectivity index (χ3n) is 5.88. The largest absolute Gasteiger partial charge is 0.506 e. The van der Waals surface area contributed by atoms with E-state index in [9.17, 15) is 37.9 Å². The Morgan fingerprint density at radius 2 is 1.84 bits per heavy atom. The molecule has 4 rings (SSSR count). The first kappa shape index (κ1) is 26.5. The molecule has 1 aromatic heterocycles. The molecule has 1 atom stereocenters. The molecule has 1 aliphatic rings. The lowest BCUT2D eigenvalue weighted by molar-refractivity contribution is -0.153. The summed E-state index contributed by atoms with van der Waals surface area (Å²) >= 11 is 0. The molecule has 198 valence electrons.